The highest BCUT2D eigenvalue weighted by molar-refractivity contribution is 5.93. The minimum Gasteiger partial charge on any atom is -0.497 e. The fourth-order valence-electron chi connectivity index (χ4n) is 1.62. The molecule has 0 radical (unpaired) electrons. The Bertz CT molecular complexity index is 430. The van der Waals surface area contributed by atoms with Crippen LogP contribution in [0.4, 0.5) is 5.69 Å². The van der Waals surface area contributed by atoms with Gasteiger partial charge in [-0.3, -0.25) is 4.79 Å². The van der Waals surface area contributed by atoms with Crippen molar-refractivity contribution in [3.05, 3.63) is 18.2 Å². The van der Waals surface area contributed by atoms with Crippen LogP contribution >= 0.6 is 0 Å². The molecule has 0 heterocycles. The van der Waals surface area contributed by atoms with E-state index in [9.17, 15) is 4.79 Å². The Kier molecular flexibility index (Phi) is 4.04. The quantitative estimate of drug-likeness (QED) is 0.801. The zero-order valence-corrected chi connectivity index (χ0v) is 10.7. The zero-order valence-electron chi connectivity index (χ0n) is 10.7. The van der Waals surface area contributed by atoms with Gasteiger partial charge in [0.2, 0.25) is 5.91 Å². The van der Waals surface area contributed by atoms with Gasteiger partial charge in [-0.2, -0.15) is 0 Å². The number of hydrogen-bond donors (Lipinski definition) is 2. The number of nitrogens with one attached hydrogen (secondary N) is 2. The molecule has 2 N–H and O–H groups in total. The van der Waals surface area contributed by atoms with Gasteiger partial charge in [-0.05, 0) is 25.0 Å². The minimum absolute atomic E-state index is 0.0645. The normalized spacial score (nSPS) is 14.1. The maximum Gasteiger partial charge on any atom is 0.238 e. The first-order valence-corrected chi connectivity index (χ1v) is 5.98. The molecule has 1 aromatic carbocycles. The number of rotatable bonds is 6. The number of hydrogen-bond acceptors (Lipinski definition) is 4. The van der Waals surface area contributed by atoms with Crippen LogP contribution < -0.4 is 20.1 Å². The smallest absolute Gasteiger partial charge is 0.238 e. The molecule has 18 heavy (non-hydrogen) atoms. The number of carbonyl (C=O) groups is 1. The highest BCUT2D eigenvalue weighted by atomic mass is 16.5. The summed E-state index contributed by atoms with van der Waals surface area (Å²) in [5.74, 6) is 1.22. The Hall–Kier alpha value is -1.75. The summed E-state index contributed by atoms with van der Waals surface area (Å²) in [6, 6.07) is 5.82. The maximum atomic E-state index is 11.7. The molecule has 1 amide bonds. The summed E-state index contributed by atoms with van der Waals surface area (Å²) in [7, 11) is 3.15. The van der Waals surface area contributed by atoms with Gasteiger partial charge < -0.3 is 20.1 Å². The first-order chi connectivity index (χ1) is 8.72. The van der Waals surface area contributed by atoms with E-state index in [-0.39, 0.29) is 5.91 Å². The third-order valence-corrected chi connectivity index (χ3v) is 2.81. The van der Waals surface area contributed by atoms with Crippen LogP contribution in [0.2, 0.25) is 0 Å². The lowest BCUT2D eigenvalue weighted by atomic mass is 10.2. The van der Waals surface area contributed by atoms with Gasteiger partial charge in [-0.25, -0.2) is 0 Å². The topological polar surface area (TPSA) is 59.6 Å². The SMILES string of the molecule is COc1ccc(NC(=O)CNC2CC2)c(OC)c1. The largest absolute Gasteiger partial charge is 0.497 e. The molecule has 0 saturated heterocycles. The number of amides is 1. The van der Waals surface area contributed by atoms with E-state index in [2.05, 4.69) is 10.6 Å². The molecule has 0 bridgehead atoms. The molecule has 5 heteroatoms. The monoisotopic (exact) mass is 250 g/mol. The van der Waals surface area contributed by atoms with Crippen molar-refractivity contribution in [3.8, 4) is 11.5 Å². The Morgan fingerprint density at radius 3 is 2.72 bits per heavy atom. The van der Waals surface area contributed by atoms with Gasteiger partial charge in [-0.1, -0.05) is 0 Å². The molecule has 1 aliphatic carbocycles. The fourth-order valence-corrected chi connectivity index (χ4v) is 1.62. The van der Waals surface area contributed by atoms with Gasteiger partial charge in [0.1, 0.15) is 11.5 Å². The summed E-state index contributed by atoms with van der Waals surface area (Å²) in [6.45, 7) is 0.333. The first-order valence-electron chi connectivity index (χ1n) is 5.98. The van der Waals surface area contributed by atoms with Crippen molar-refractivity contribution >= 4 is 11.6 Å². The summed E-state index contributed by atoms with van der Waals surface area (Å²) in [4.78, 5) is 11.7. The molecule has 1 aromatic rings. The number of ether oxygens (including phenoxy) is 2. The predicted octanol–water partition coefficient (Wildman–Crippen LogP) is 1.39. The average molecular weight is 250 g/mol. The predicted molar refractivity (Wildman–Crippen MR) is 69.2 cm³/mol. The van der Waals surface area contributed by atoms with Gasteiger partial charge >= 0.3 is 0 Å². The lowest BCUT2D eigenvalue weighted by Gasteiger charge is -2.11. The Morgan fingerprint density at radius 1 is 1.33 bits per heavy atom. The summed E-state index contributed by atoms with van der Waals surface area (Å²) in [5.41, 5.74) is 0.654. The summed E-state index contributed by atoms with van der Waals surface area (Å²) in [5, 5.41) is 5.97. The van der Waals surface area contributed by atoms with Crippen molar-refractivity contribution in [3.63, 3.8) is 0 Å². The van der Waals surface area contributed by atoms with E-state index in [1.807, 2.05) is 0 Å². The molecule has 0 aromatic heterocycles. The van der Waals surface area contributed by atoms with Crippen molar-refractivity contribution in [2.45, 2.75) is 18.9 Å². The highest BCUT2D eigenvalue weighted by Crippen LogP contribution is 2.28. The van der Waals surface area contributed by atoms with Crippen LogP contribution in [0.25, 0.3) is 0 Å². The summed E-state index contributed by atoms with van der Waals surface area (Å²) in [6.07, 6.45) is 2.33. The van der Waals surface area contributed by atoms with Crippen molar-refractivity contribution in [2.24, 2.45) is 0 Å². The lowest BCUT2D eigenvalue weighted by molar-refractivity contribution is -0.115. The molecule has 98 valence electrons. The molecule has 0 unspecified atom stereocenters. The van der Waals surface area contributed by atoms with Crippen molar-refractivity contribution in [1.29, 1.82) is 0 Å². The zero-order chi connectivity index (χ0) is 13.0. The number of methoxy groups -OCH3 is 2. The van der Waals surface area contributed by atoms with E-state index in [0.29, 0.717) is 29.8 Å². The molecular formula is C13H18N2O3. The molecule has 5 nitrogen and oxygen atoms in total. The molecule has 1 aliphatic rings. The third kappa shape index (κ3) is 3.37. The van der Waals surface area contributed by atoms with Crippen molar-refractivity contribution in [2.75, 3.05) is 26.1 Å². The second-order valence-corrected chi connectivity index (χ2v) is 4.27. The Morgan fingerprint density at radius 2 is 2.11 bits per heavy atom. The molecule has 0 spiro atoms. The second kappa shape index (κ2) is 5.73. The van der Waals surface area contributed by atoms with Gasteiger partial charge in [-0.15, -0.1) is 0 Å². The van der Waals surface area contributed by atoms with Gasteiger partial charge in [0.15, 0.2) is 0 Å². The molecule has 1 fully saturated rings. The van der Waals surface area contributed by atoms with Crippen LogP contribution in [0.5, 0.6) is 11.5 Å². The third-order valence-electron chi connectivity index (χ3n) is 2.81. The minimum atomic E-state index is -0.0645. The van der Waals surface area contributed by atoms with E-state index >= 15 is 0 Å². The van der Waals surface area contributed by atoms with Crippen molar-refractivity contribution in [1.82, 2.24) is 5.32 Å². The molecule has 0 atom stereocenters. The molecule has 2 rings (SSSR count). The number of carbonyl (C=O) groups excluding carboxylic acids is 1. The Balaban J connectivity index is 1.95. The summed E-state index contributed by atoms with van der Waals surface area (Å²) >= 11 is 0. The van der Waals surface area contributed by atoms with E-state index in [1.54, 1.807) is 32.4 Å². The van der Waals surface area contributed by atoms with E-state index in [1.165, 1.54) is 12.8 Å². The van der Waals surface area contributed by atoms with E-state index in [4.69, 9.17) is 9.47 Å². The number of anilines is 1. The van der Waals surface area contributed by atoms with Crippen LogP contribution in [-0.2, 0) is 4.79 Å². The van der Waals surface area contributed by atoms with Crippen LogP contribution in [-0.4, -0.2) is 32.7 Å². The second-order valence-electron chi connectivity index (χ2n) is 4.27. The lowest BCUT2D eigenvalue weighted by Crippen LogP contribution is -2.29. The molecular weight excluding hydrogens is 232 g/mol. The Labute approximate surface area is 106 Å². The van der Waals surface area contributed by atoms with Gasteiger partial charge in [0.25, 0.3) is 0 Å². The number of benzene rings is 1. The van der Waals surface area contributed by atoms with Crippen LogP contribution in [0.3, 0.4) is 0 Å². The van der Waals surface area contributed by atoms with Crippen LogP contribution in [0, 0.1) is 0 Å². The van der Waals surface area contributed by atoms with E-state index in [0.717, 1.165) is 0 Å². The van der Waals surface area contributed by atoms with Crippen molar-refractivity contribution < 1.29 is 14.3 Å². The first kappa shape index (κ1) is 12.7. The maximum absolute atomic E-state index is 11.7. The summed E-state index contributed by atoms with van der Waals surface area (Å²) < 4.78 is 10.3. The van der Waals surface area contributed by atoms with Crippen LogP contribution in [0.15, 0.2) is 18.2 Å². The van der Waals surface area contributed by atoms with Gasteiger partial charge in [0.05, 0.1) is 26.5 Å². The highest BCUT2D eigenvalue weighted by Gasteiger charge is 2.21. The standard InChI is InChI=1S/C13H18N2O3/c1-17-10-5-6-11(12(7-10)18-2)15-13(16)8-14-9-3-4-9/h5-7,9,14H,3-4,8H2,1-2H3,(H,15,16). The fraction of sp³-hybridized carbons (Fsp3) is 0.462. The van der Waals surface area contributed by atoms with Gasteiger partial charge in [0, 0.05) is 12.1 Å². The van der Waals surface area contributed by atoms with Crippen LogP contribution in [0.1, 0.15) is 12.8 Å². The average Bonchev–Trinajstić information content (AvgIpc) is 3.21. The molecule has 1 saturated carbocycles. The molecule has 0 aliphatic heterocycles. The van der Waals surface area contributed by atoms with E-state index < -0.39 is 0 Å².